The first-order valence-electron chi connectivity index (χ1n) is 6.11. The van der Waals surface area contributed by atoms with Gasteiger partial charge in [-0.05, 0) is 43.0 Å². The van der Waals surface area contributed by atoms with E-state index < -0.39 is 0 Å². The number of rotatable bonds is 5. The maximum atomic E-state index is 11.5. The molecule has 4 nitrogen and oxygen atoms in total. The molecule has 19 heavy (non-hydrogen) atoms. The molecule has 0 bridgehead atoms. The summed E-state index contributed by atoms with van der Waals surface area (Å²) >= 11 is 6.06. The third-order valence-electron chi connectivity index (χ3n) is 2.34. The van der Waals surface area contributed by atoms with E-state index in [2.05, 4.69) is 10.5 Å². The van der Waals surface area contributed by atoms with Gasteiger partial charge in [-0.2, -0.15) is 5.10 Å². The number of hydrogen-bond acceptors (Lipinski definition) is 3. The van der Waals surface area contributed by atoms with Crippen LogP contribution in [0, 0.1) is 19.8 Å². The van der Waals surface area contributed by atoms with Gasteiger partial charge >= 0.3 is 0 Å². The van der Waals surface area contributed by atoms with E-state index in [1.54, 1.807) is 18.3 Å². The maximum absolute atomic E-state index is 11.5. The third kappa shape index (κ3) is 5.30. The van der Waals surface area contributed by atoms with Gasteiger partial charge in [-0.3, -0.25) is 4.79 Å². The second kappa shape index (κ2) is 7.14. The molecule has 0 fully saturated rings. The van der Waals surface area contributed by atoms with E-state index in [1.165, 1.54) is 0 Å². The van der Waals surface area contributed by atoms with Crippen molar-refractivity contribution in [2.75, 3.05) is 6.61 Å². The summed E-state index contributed by atoms with van der Waals surface area (Å²) < 4.78 is 5.40. The van der Waals surface area contributed by atoms with Crippen LogP contribution in [0.5, 0.6) is 5.75 Å². The van der Waals surface area contributed by atoms with E-state index in [0.29, 0.717) is 11.7 Å². The fraction of sp³-hybridized carbons (Fsp3) is 0.429. The molecule has 0 aliphatic heterocycles. The van der Waals surface area contributed by atoms with Gasteiger partial charge in [-0.25, -0.2) is 5.43 Å². The lowest BCUT2D eigenvalue weighted by molar-refractivity contribution is -0.123. The molecule has 0 spiro atoms. The fourth-order valence-electron chi connectivity index (χ4n) is 1.43. The number of amides is 1. The number of hydrazone groups is 1. The lowest BCUT2D eigenvalue weighted by atomic mass is 10.1. The Morgan fingerprint density at radius 1 is 1.42 bits per heavy atom. The molecule has 5 heteroatoms. The van der Waals surface area contributed by atoms with Crippen LogP contribution in [0.15, 0.2) is 17.2 Å². The van der Waals surface area contributed by atoms with Crippen molar-refractivity contribution in [3.8, 4) is 5.75 Å². The molecular weight excluding hydrogens is 264 g/mol. The third-order valence-corrected chi connectivity index (χ3v) is 2.94. The molecule has 0 aromatic heterocycles. The van der Waals surface area contributed by atoms with Crippen molar-refractivity contribution in [3.63, 3.8) is 0 Å². The number of nitrogens with one attached hydrogen (secondary N) is 1. The maximum Gasteiger partial charge on any atom is 0.277 e. The zero-order valence-electron chi connectivity index (χ0n) is 11.7. The first-order chi connectivity index (χ1) is 8.90. The highest BCUT2D eigenvalue weighted by Gasteiger charge is 2.05. The number of benzene rings is 1. The van der Waals surface area contributed by atoms with Crippen LogP contribution in [0.3, 0.4) is 0 Å². The normalized spacial score (nSPS) is 11.1. The predicted molar refractivity (Wildman–Crippen MR) is 77.9 cm³/mol. The summed E-state index contributed by atoms with van der Waals surface area (Å²) in [6.45, 7) is 7.68. The minimum Gasteiger partial charge on any atom is -0.484 e. The lowest BCUT2D eigenvalue weighted by Gasteiger charge is -2.09. The standard InChI is InChI=1S/C14H19ClN2O2/c1-9(2)7-16-17-13(18)8-19-12-5-10(3)14(15)11(4)6-12/h5-7,9H,8H2,1-4H3,(H,17,18). The van der Waals surface area contributed by atoms with Crippen molar-refractivity contribution in [2.24, 2.45) is 11.0 Å². The highest BCUT2D eigenvalue weighted by Crippen LogP contribution is 2.25. The average molecular weight is 283 g/mol. The summed E-state index contributed by atoms with van der Waals surface area (Å²) in [6.07, 6.45) is 1.66. The molecule has 1 amide bonds. The van der Waals surface area contributed by atoms with Crippen LogP contribution in [0.2, 0.25) is 5.02 Å². The van der Waals surface area contributed by atoms with E-state index >= 15 is 0 Å². The Labute approximate surface area is 118 Å². The van der Waals surface area contributed by atoms with Gasteiger partial charge in [0.25, 0.3) is 5.91 Å². The van der Waals surface area contributed by atoms with Crippen LogP contribution in [0.4, 0.5) is 0 Å². The van der Waals surface area contributed by atoms with E-state index in [9.17, 15) is 4.79 Å². The van der Waals surface area contributed by atoms with E-state index in [-0.39, 0.29) is 12.5 Å². The minimum absolute atomic E-state index is 0.0735. The Morgan fingerprint density at radius 3 is 2.53 bits per heavy atom. The number of halogens is 1. The Morgan fingerprint density at radius 2 is 2.00 bits per heavy atom. The largest absolute Gasteiger partial charge is 0.484 e. The SMILES string of the molecule is Cc1cc(OCC(=O)NN=CC(C)C)cc(C)c1Cl. The second-order valence-corrected chi connectivity index (χ2v) is 5.09. The number of nitrogens with zero attached hydrogens (tertiary/aromatic N) is 1. The Hall–Kier alpha value is -1.55. The van der Waals surface area contributed by atoms with Crippen LogP contribution >= 0.6 is 11.6 Å². The summed E-state index contributed by atoms with van der Waals surface area (Å²) in [6, 6.07) is 3.61. The topological polar surface area (TPSA) is 50.7 Å². The summed E-state index contributed by atoms with van der Waals surface area (Å²) in [4.78, 5) is 11.5. The van der Waals surface area contributed by atoms with Crippen molar-refractivity contribution in [3.05, 3.63) is 28.3 Å². The summed E-state index contributed by atoms with van der Waals surface area (Å²) in [5, 5.41) is 4.53. The van der Waals surface area contributed by atoms with Crippen molar-refractivity contribution in [2.45, 2.75) is 27.7 Å². The Bertz CT molecular complexity index is 461. The minimum atomic E-state index is -0.290. The molecule has 1 aromatic rings. The number of aryl methyl sites for hydroxylation is 2. The smallest absolute Gasteiger partial charge is 0.277 e. The Balaban J connectivity index is 2.51. The van der Waals surface area contributed by atoms with Gasteiger partial charge in [0.15, 0.2) is 6.61 Å². The van der Waals surface area contributed by atoms with Gasteiger partial charge in [0.05, 0.1) is 0 Å². The molecular formula is C14H19ClN2O2. The fourth-order valence-corrected chi connectivity index (χ4v) is 1.54. The van der Waals surface area contributed by atoms with Crippen molar-refractivity contribution in [1.82, 2.24) is 5.43 Å². The van der Waals surface area contributed by atoms with Crippen molar-refractivity contribution >= 4 is 23.7 Å². The molecule has 0 aliphatic carbocycles. The van der Waals surface area contributed by atoms with Gasteiger partial charge in [-0.15, -0.1) is 0 Å². The first kappa shape index (κ1) is 15.5. The van der Waals surface area contributed by atoms with E-state index in [0.717, 1.165) is 16.1 Å². The number of ether oxygens (including phenoxy) is 1. The molecule has 104 valence electrons. The van der Waals surface area contributed by atoms with E-state index in [1.807, 2.05) is 27.7 Å². The molecule has 1 N–H and O–H groups in total. The monoisotopic (exact) mass is 282 g/mol. The van der Waals surface area contributed by atoms with Gasteiger partial charge in [-0.1, -0.05) is 25.4 Å². The van der Waals surface area contributed by atoms with Gasteiger partial charge in [0, 0.05) is 11.2 Å². The Kier molecular flexibility index (Phi) is 5.83. The van der Waals surface area contributed by atoms with Crippen LogP contribution in [0.1, 0.15) is 25.0 Å². The molecule has 0 aliphatic rings. The predicted octanol–water partition coefficient (Wildman–Crippen LogP) is 3.09. The van der Waals surface area contributed by atoms with Crippen LogP contribution in [-0.2, 0) is 4.79 Å². The summed E-state index contributed by atoms with van der Waals surface area (Å²) in [5.41, 5.74) is 4.26. The summed E-state index contributed by atoms with van der Waals surface area (Å²) in [5.74, 6) is 0.632. The van der Waals surface area contributed by atoms with E-state index in [4.69, 9.17) is 16.3 Å². The highest BCUT2D eigenvalue weighted by molar-refractivity contribution is 6.32. The lowest BCUT2D eigenvalue weighted by Crippen LogP contribution is -2.24. The zero-order chi connectivity index (χ0) is 14.4. The molecule has 1 aromatic carbocycles. The van der Waals surface area contributed by atoms with Gasteiger partial charge in [0.2, 0.25) is 0 Å². The molecule has 0 saturated carbocycles. The first-order valence-corrected chi connectivity index (χ1v) is 6.49. The van der Waals surface area contributed by atoms with Crippen LogP contribution in [0.25, 0.3) is 0 Å². The molecule has 0 radical (unpaired) electrons. The molecule has 0 saturated heterocycles. The van der Waals surface area contributed by atoms with Crippen molar-refractivity contribution < 1.29 is 9.53 Å². The quantitative estimate of drug-likeness (QED) is 0.666. The number of hydrogen-bond donors (Lipinski definition) is 1. The highest BCUT2D eigenvalue weighted by atomic mass is 35.5. The zero-order valence-corrected chi connectivity index (χ0v) is 12.4. The van der Waals surface area contributed by atoms with Gasteiger partial charge < -0.3 is 4.74 Å². The van der Waals surface area contributed by atoms with Crippen LogP contribution in [-0.4, -0.2) is 18.7 Å². The molecule has 0 atom stereocenters. The van der Waals surface area contributed by atoms with Crippen molar-refractivity contribution in [1.29, 1.82) is 0 Å². The average Bonchev–Trinajstić information content (AvgIpc) is 2.32. The second-order valence-electron chi connectivity index (χ2n) is 4.72. The molecule has 0 heterocycles. The van der Waals surface area contributed by atoms with Crippen LogP contribution < -0.4 is 10.2 Å². The number of carbonyl (C=O) groups is 1. The summed E-state index contributed by atoms with van der Waals surface area (Å²) in [7, 11) is 0. The molecule has 0 unspecified atom stereocenters. The van der Waals surface area contributed by atoms with Gasteiger partial charge in [0.1, 0.15) is 5.75 Å². The number of carbonyl (C=O) groups excluding carboxylic acids is 1. The molecule has 1 rings (SSSR count).